The molecule has 0 unspecified atom stereocenters. The third-order valence-corrected chi connectivity index (χ3v) is 5.18. The van der Waals surface area contributed by atoms with Gasteiger partial charge in [0.25, 0.3) is 5.91 Å². The van der Waals surface area contributed by atoms with Crippen LogP contribution < -0.4 is 10.2 Å². The molecule has 1 amide bonds. The third-order valence-electron chi connectivity index (χ3n) is 4.23. The van der Waals surface area contributed by atoms with Gasteiger partial charge in [-0.05, 0) is 58.4 Å². The van der Waals surface area contributed by atoms with Crippen LogP contribution in [0.4, 0.5) is 11.4 Å². The molecule has 0 saturated carbocycles. The fourth-order valence-electron chi connectivity index (χ4n) is 3.05. The van der Waals surface area contributed by atoms with E-state index in [1.807, 2.05) is 60.7 Å². The van der Waals surface area contributed by atoms with E-state index in [4.69, 9.17) is 11.6 Å². The second-order valence-corrected chi connectivity index (χ2v) is 7.06. The van der Waals surface area contributed by atoms with E-state index in [1.165, 1.54) is 0 Å². The van der Waals surface area contributed by atoms with Gasteiger partial charge in [0.05, 0.1) is 5.69 Å². The van der Waals surface area contributed by atoms with E-state index in [0.717, 1.165) is 21.4 Å². The third kappa shape index (κ3) is 2.92. The number of carbonyl (C=O) groups is 1. The number of anilines is 2. The van der Waals surface area contributed by atoms with Crippen molar-refractivity contribution in [3.05, 3.63) is 93.4 Å². The van der Waals surface area contributed by atoms with Gasteiger partial charge in [-0.2, -0.15) is 0 Å². The molecular formula is C20H14BrClN2O. The van der Waals surface area contributed by atoms with Crippen molar-refractivity contribution in [3.63, 3.8) is 0 Å². The zero-order valence-electron chi connectivity index (χ0n) is 13.1. The van der Waals surface area contributed by atoms with E-state index in [9.17, 15) is 4.79 Å². The van der Waals surface area contributed by atoms with E-state index >= 15 is 0 Å². The second kappa shape index (κ2) is 6.54. The predicted molar refractivity (Wildman–Crippen MR) is 105 cm³/mol. The number of benzene rings is 3. The molecule has 0 aromatic heterocycles. The lowest BCUT2D eigenvalue weighted by molar-refractivity contribution is 0.0993. The Labute approximate surface area is 159 Å². The van der Waals surface area contributed by atoms with Crippen molar-refractivity contribution >= 4 is 44.8 Å². The lowest BCUT2D eigenvalue weighted by Crippen LogP contribution is -2.32. The summed E-state index contributed by atoms with van der Waals surface area (Å²) in [7, 11) is 0. The van der Waals surface area contributed by atoms with Crippen molar-refractivity contribution in [2.24, 2.45) is 0 Å². The Balaban J connectivity index is 1.80. The monoisotopic (exact) mass is 412 g/mol. The molecule has 1 heterocycles. The summed E-state index contributed by atoms with van der Waals surface area (Å²) in [6, 6.07) is 22.9. The van der Waals surface area contributed by atoms with Gasteiger partial charge in [-0.15, -0.1) is 0 Å². The van der Waals surface area contributed by atoms with Crippen LogP contribution in [0.5, 0.6) is 0 Å². The highest BCUT2D eigenvalue weighted by Gasteiger charge is 2.37. The molecule has 1 N–H and O–H groups in total. The van der Waals surface area contributed by atoms with Crippen LogP contribution in [-0.4, -0.2) is 5.91 Å². The molecular weight excluding hydrogens is 400 g/mol. The summed E-state index contributed by atoms with van der Waals surface area (Å²) in [4.78, 5) is 14.8. The fraction of sp³-hybridized carbons (Fsp3) is 0.0500. The Morgan fingerprint density at radius 2 is 1.60 bits per heavy atom. The number of fused-ring (bicyclic) bond motifs is 1. The van der Waals surface area contributed by atoms with Crippen LogP contribution in [-0.2, 0) is 0 Å². The van der Waals surface area contributed by atoms with Gasteiger partial charge in [0.15, 0.2) is 0 Å². The summed E-state index contributed by atoms with van der Waals surface area (Å²) in [6.45, 7) is 0. The van der Waals surface area contributed by atoms with Crippen molar-refractivity contribution < 1.29 is 4.79 Å². The quantitative estimate of drug-likeness (QED) is 0.582. The summed E-state index contributed by atoms with van der Waals surface area (Å²) in [6.07, 6.45) is -0.288. The minimum atomic E-state index is -0.288. The first-order valence-electron chi connectivity index (χ1n) is 7.84. The van der Waals surface area contributed by atoms with Crippen molar-refractivity contribution in [2.45, 2.75) is 6.17 Å². The molecule has 3 aromatic rings. The second-order valence-electron chi connectivity index (χ2n) is 5.77. The molecule has 0 radical (unpaired) electrons. The van der Waals surface area contributed by atoms with Crippen LogP contribution >= 0.6 is 27.5 Å². The standard InChI is InChI=1S/C20H14BrClN2O/c21-17-7-3-4-8-18(17)23-19-15-5-1-2-6-16(15)20(25)24(19)14-11-9-13(22)10-12-14/h1-12,19,23H/t19-/m0/s1. The number of nitrogens with one attached hydrogen (secondary N) is 1. The Bertz CT molecular complexity index is 942. The summed E-state index contributed by atoms with van der Waals surface area (Å²) in [5.74, 6) is -0.0255. The van der Waals surface area contributed by atoms with Crippen LogP contribution in [0.1, 0.15) is 22.1 Å². The maximum atomic E-state index is 13.0. The topological polar surface area (TPSA) is 32.3 Å². The molecule has 124 valence electrons. The molecule has 4 rings (SSSR count). The maximum absolute atomic E-state index is 13.0. The van der Waals surface area contributed by atoms with Crippen molar-refractivity contribution in [3.8, 4) is 0 Å². The van der Waals surface area contributed by atoms with Crippen LogP contribution in [0, 0.1) is 0 Å². The number of rotatable bonds is 3. The molecule has 0 fully saturated rings. The fourth-order valence-corrected chi connectivity index (χ4v) is 3.58. The van der Waals surface area contributed by atoms with Gasteiger partial charge in [0.1, 0.15) is 6.17 Å². The zero-order valence-corrected chi connectivity index (χ0v) is 15.5. The largest absolute Gasteiger partial charge is 0.360 e. The molecule has 3 aromatic carbocycles. The Morgan fingerprint density at radius 1 is 0.920 bits per heavy atom. The first kappa shape index (κ1) is 16.2. The summed E-state index contributed by atoms with van der Waals surface area (Å²) in [5.41, 5.74) is 3.39. The molecule has 0 saturated heterocycles. The van der Waals surface area contributed by atoms with Crippen molar-refractivity contribution in [1.29, 1.82) is 0 Å². The summed E-state index contributed by atoms with van der Waals surface area (Å²) in [5, 5.41) is 4.13. The molecule has 3 nitrogen and oxygen atoms in total. The SMILES string of the molecule is O=C1c2ccccc2[C@@H](Nc2ccccc2Br)N1c1ccc(Cl)cc1. The molecule has 0 spiro atoms. The normalized spacial score (nSPS) is 16.0. The van der Waals surface area contributed by atoms with Crippen LogP contribution in [0.15, 0.2) is 77.3 Å². The highest BCUT2D eigenvalue weighted by Crippen LogP contribution is 2.39. The average molecular weight is 414 g/mol. The average Bonchev–Trinajstić information content (AvgIpc) is 2.90. The number of hydrogen-bond acceptors (Lipinski definition) is 2. The summed E-state index contributed by atoms with van der Waals surface area (Å²) >= 11 is 9.57. The minimum absolute atomic E-state index is 0.0255. The van der Waals surface area contributed by atoms with E-state index in [1.54, 1.807) is 17.0 Å². The molecule has 0 aliphatic carbocycles. The molecule has 25 heavy (non-hydrogen) atoms. The number of halogens is 2. The Kier molecular flexibility index (Phi) is 4.24. The van der Waals surface area contributed by atoms with Gasteiger partial charge < -0.3 is 5.32 Å². The predicted octanol–water partition coefficient (Wildman–Crippen LogP) is 5.87. The molecule has 1 atom stereocenters. The molecule has 0 bridgehead atoms. The van der Waals surface area contributed by atoms with E-state index < -0.39 is 0 Å². The number of amides is 1. The number of hydrogen-bond donors (Lipinski definition) is 1. The first-order chi connectivity index (χ1) is 12.1. The highest BCUT2D eigenvalue weighted by molar-refractivity contribution is 9.10. The van der Waals surface area contributed by atoms with Gasteiger partial charge in [0, 0.05) is 26.3 Å². The molecule has 1 aliphatic rings. The smallest absolute Gasteiger partial charge is 0.260 e. The molecule has 5 heteroatoms. The van der Waals surface area contributed by atoms with Gasteiger partial charge in [0.2, 0.25) is 0 Å². The van der Waals surface area contributed by atoms with Crippen LogP contribution in [0.2, 0.25) is 5.02 Å². The van der Waals surface area contributed by atoms with Gasteiger partial charge in [-0.25, -0.2) is 0 Å². The van der Waals surface area contributed by atoms with Gasteiger partial charge in [-0.3, -0.25) is 9.69 Å². The minimum Gasteiger partial charge on any atom is -0.360 e. The van der Waals surface area contributed by atoms with Crippen molar-refractivity contribution in [1.82, 2.24) is 0 Å². The Morgan fingerprint density at radius 3 is 2.36 bits per heavy atom. The first-order valence-corrected chi connectivity index (χ1v) is 9.01. The van der Waals surface area contributed by atoms with Crippen molar-refractivity contribution in [2.75, 3.05) is 10.2 Å². The van der Waals surface area contributed by atoms with E-state index in [0.29, 0.717) is 10.6 Å². The Hall–Kier alpha value is -2.30. The van der Waals surface area contributed by atoms with Gasteiger partial charge in [-0.1, -0.05) is 41.9 Å². The van der Waals surface area contributed by atoms with Crippen LogP contribution in [0.25, 0.3) is 0 Å². The van der Waals surface area contributed by atoms with E-state index in [2.05, 4.69) is 21.2 Å². The highest BCUT2D eigenvalue weighted by atomic mass is 79.9. The zero-order chi connectivity index (χ0) is 17.4. The lowest BCUT2D eigenvalue weighted by Gasteiger charge is -2.27. The maximum Gasteiger partial charge on any atom is 0.260 e. The molecule has 1 aliphatic heterocycles. The number of nitrogens with zero attached hydrogens (tertiary/aromatic N) is 1. The van der Waals surface area contributed by atoms with Crippen LogP contribution in [0.3, 0.4) is 0 Å². The number of para-hydroxylation sites is 1. The van der Waals surface area contributed by atoms with E-state index in [-0.39, 0.29) is 12.1 Å². The van der Waals surface area contributed by atoms with Gasteiger partial charge >= 0.3 is 0 Å². The number of carbonyl (C=O) groups excluding carboxylic acids is 1. The summed E-state index contributed by atoms with van der Waals surface area (Å²) < 4.78 is 0.947. The lowest BCUT2D eigenvalue weighted by atomic mass is 10.1.